The molecule has 23 heavy (non-hydrogen) atoms. The van der Waals surface area contributed by atoms with Gasteiger partial charge in [0.05, 0.1) is 6.61 Å². The Balaban J connectivity index is -0.00000220. The summed E-state index contributed by atoms with van der Waals surface area (Å²) in [5.74, 6) is -0.368. The molecule has 0 aromatic heterocycles. The van der Waals surface area contributed by atoms with Crippen molar-refractivity contribution in [2.24, 2.45) is 0 Å². The third-order valence-electron chi connectivity index (χ3n) is 3.59. The van der Waals surface area contributed by atoms with Gasteiger partial charge in [-0.25, -0.2) is 4.79 Å². The summed E-state index contributed by atoms with van der Waals surface area (Å²) in [6.07, 6.45) is 12.5. The third kappa shape index (κ3) is 16.9. The summed E-state index contributed by atoms with van der Waals surface area (Å²) in [5.41, 5.74) is 0. The van der Waals surface area contributed by atoms with Crippen molar-refractivity contribution < 1.29 is 45.3 Å². The van der Waals surface area contributed by atoms with Crippen molar-refractivity contribution in [3.8, 4) is 0 Å². The summed E-state index contributed by atoms with van der Waals surface area (Å²) in [5, 5.41) is 2.53. The zero-order valence-electron chi connectivity index (χ0n) is 16.2. The van der Waals surface area contributed by atoms with Crippen LogP contribution in [0.3, 0.4) is 0 Å². The maximum atomic E-state index is 11.7. The molecule has 0 aromatic rings. The molecule has 1 amide bonds. The van der Waals surface area contributed by atoms with Crippen molar-refractivity contribution in [1.29, 1.82) is 0 Å². The van der Waals surface area contributed by atoms with Crippen LogP contribution in [0.2, 0.25) is 0 Å². The number of unbranched alkanes of at least 4 members (excludes halogenated alkanes) is 9. The second-order valence-corrected chi connectivity index (χ2v) is 6.15. The van der Waals surface area contributed by atoms with Crippen LogP contribution in [0.25, 0.3) is 0 Å². The minimum Gasteiger partial charge on any atom is -1.00 e. The van der Waals surface area contributed by atoms with E-state index in [-0.39, 0.29) is 48.6 Å². The number of esters is 1. The fourth-order valence-electron chi connectivity index (χ4n) is 2.29. The predicted molar refractivity (Wildman–Crippen MR) is 95.4 cm³/mol. The average Bonchev–Trinajstić information content (AvgIpc) is 2.49. The molecule has 6 heteroatoms. The number of carbonyl (C=O) groups excluding carboxylic acids is 2. The van der Waals surface area contributed by atoms with Crippen LogP contribution in [-0.4, -0.2) is 30.3 Å². The van der Waals surface area contributed by atoms with Gasteiger partial charge in [-0.1, -0.05) is 64.7 Å². The molecule has 0 rings (SSSR count). The number of rotatable bonds is 14. The fourth-order valence-corrected chi connectivity index (χ4v) is 2.53. The summed E-state index contributed by atoms with van der Waals surface area (Å²) < 4.78 is 5.17. The second kappa shape index (κ2) is 18.6. The van der Waals surface area contributed by atoms with Crippen LogP contribution >= 0.6 is 12.6 Å². The number of hydrogen-bond acceptors (Lipinski definition) is 4. The van der Waals surface area contributed by atoms with Gasteiger partial charge in [-0.05, 0) is 6.42 Å². The van der Waals surface area contributed by atoms with Gasteiger partial charge >= 0.3 is 35.5 Å². The molecule has 0 fully saturated rings. The van der Waals surface area contributed by atoms with Gasteiger partial charge in [0.25, 0.3) is 0 Å². The van der Waals surface area contributed by atoms with E-state index in [1.54, 1.807) is 0 Å². The smallest absolute Gasteiger partial charge is 1.00 e. The first-order chi connectivity index (χ1) is 10.6. The van der Waals surface area contributed by atoms with E-state index in [1.165, 1.54) is 58.3 Å². The molecule has 0 bridgehead atoms. The van der Waals surface area contributed by atoms with Crippen LogP contribution in [0.5, 0.6) is 0 Å². The molecule has 0 saturated carbocycles. The molecule has 0 saturated heterocycles. The van der Waals surface area contributed by atoms with E-state index < -0.39 is 6.04 Å². The maximum Gasteiger partial charge on any atom is 1.00 e. The molecular weight excluding hydrogens is 321 g/mol. The van der Waals surface area contributed by atoms with Crippen molar-refractivity contribution in [3.05, 3.63) is 0 Å². The van der Waals surface area contributed by atoms with Gasteiger partial charge in [0, 0.05) is 12.7 Å². The summed E-state index contributed by atoms with van der Waals surface area (Å²) in [6.45, 7) is 4.05. The van der Waals surface area contributed by atoms with Crippen LogP contribution < -0.4 is 34.9 Å². The van der Waals surface area contributed by atoms with Crippen molar-refractivity contribution in [2.75, 3.05) is 12.4 Å². The molecule has 0 spiro atoms. The Morgan fingerprint density at radius 1 is 1.00 bits per heavy atom. The van der Waals surface area contributed by atoms with Gasteiger partial charge in [0.2, 0.25) is 5.91 Å². The molecular formula is C17H34NNaO3S. The van der Waals surface area contributed by atoms with E-state index >= 15 is 0 Å². The standard InChI is InChI=1S/C17H33NO3S.Na.H/c1-3-4-5-6-7-8-9-10-11-12-13-21-17(20)16(14-22)18-15(2)19;;/h16,22H,3-14H2,1-2H3,(H,18,19);;/q;+1;-1/t16-;;/m0../s1. The number of amides is 1. The Labute approximate surface area is 171 Å². The monoisotopic (exact) mass is 355 g/mol. The largest absolute Gasteiger partial charge is 1.00 e. The SMILES string of the molecule is CCCCCCCCCCCCOC(=O)[C@H](CS)NC(C)=O.[H-].[Na+]. The summed E-state index contributed by atoms with van der Waals surface area (Å²) in [6, 6.07) is -0.635. The number of nitrogens with one attached hydrogen (secondary N) is 1. The van der Waals surface area contributed by atoms with Gasteiger partial charge < -0.3 is 11.5 Å². The molecule has 0 aliphatic carbocycles. The number of ether oxygens (including phenoxy) is 1. The van der Waals surface area contributed by atoms with E-state index in [0.717, 1.165) is 12.8 Å². The molecule has 0 heterocycles. The minimum atomic E-state index is -0.635. The normalized spacial score (nSPS) is 11.4. The van der Waals surface area contributed by atoms with Crippen LogP contribution in [0.4, 0.5) is 0 Å². The molecule has 4 nitrogen and oxygen atoms in total. The molecule has 132 valence electrons. The molecule has 0 radical (unpaired) electrons. The van der Waals surface area contributed by atoms with Crippen LogP contribution in [0, 0.1) is 0 Å². The molecule has 1 atom stereocenters. The van der Waals surface area contributed by atoms with Crippen LogP contribution in [0.1, 0.15) is 79.5 Å². The molecule has 0 unspecified atom stereocenters. The van der Waals surface area contributed by atoms with Crippen molar-refractivity contribution >= 4 is 24.5 Å². The average molecular weight is 356 g/mol. The van der Waals surface area contributed by atoms with Crippen molar-refractivity contribution in [1.82, 2.24) is 5.32 Å². The first kappa shape index (κ1) is 25.5. The van der Waals surface area contributed by atoms with Crippen molar-refractivity contribution in [3.63, 3.8) is 0 Å². The Kier molecular flexibility index (Phi) is 20.7. The van der Waals surface area contributed by atoms with Crippen LogP contribution in [0.15, 0.2) is 0 Å². The maximum absolute atomic E-state index is 11.7. The Hall–Kier alpha value is 0.290. The quantitative estimate of drug-likeness (QED) is 0.212. The van der Waals surface area contributed by atoms with Gasteiger partial charge in [-0.2, -0.15) is 12.6 Å². The molecule has 0 aliphatic heterocycles. The number of hydrogen-bond donors (Lipinski definition) is 2. The first-order valence-electron chi connectivity index (χ1n) is 8.66. The van der Waals surface area contributed by atoms with Gasteiger partial charge in [-0.15, -0.1) is 0 Å². The van der Waals surface area contributed by atoms with E-state index in [4.69, 9.17) is 4.74 Å². The molecule has 1 N–H and O–H groups in total. The Morgan fingerprint density at radius 2 is 1.48 bits per heavy atom. The van der Waals surface area contributed by atoms with E-state index in [2.05, 4.69) is 24.9 Å². The van der Waals surface area contributed by atoms with Crippen molar-refractivity contribution in [2.45, 2.75) is 84.1 Å². The van der Waals surface area contributed by atoms with Gasteiger partial charge in [-0.3, -0.25) is 4.79 Å². The second-order valence-electron chi connectivity index (χ2n) is 5.79. The Morgan fingerprint density at radius 3 is 1.91 bits per heavy atom. The Bertz CT molecular complexity index is 310. The summed E-state index contributed by atoms with van der Waals surface area (Å²) in [4.78, 5) is 22.6. The summed E-state index contributed by atoms with van der Waals surface area (Å²) >= 11 is 4.05. The molecule has 0 aliphatic rings. The topological polar surface area (TPSA) is 55.4 Å². The van der Waals surface area contributed by atoms with Gasteiger partial charge in [0.15, 0.2) is 0 Å². The fraction of sp³-hybridized carbons (Fsp3) is 0.882. The minimum absolute atomic E-state index is 0. The molecule has 0 aromatic carbocycles. The zero-order valence-corrected chi connectivity index (χ0v) is 18.1. The van der Waals surface area contributed by atoms with E-state index in [1.807, 2.05) is 0 Å². The van der Waals surface area contributed by atoms with Crippen LogP contribution in [-0.2, 0) is 14.3 Å². The summed E-state index contributed by atoms with van der Waals surface area (Å²) in [7, 11) is 0. The predicted octanol–water partition coefficient (Wildman–Crippen LogP) is 1.00. The first-order valence-corrected chi connectivity index (χ1v) is 9.29. The van der Waals surface area contributed by atoms with E-state index in [0.29, 0.717) is 6.61 Å². The van der Waals surface area contributed by atoms with E-state index in [9.17, 15) is 9.59 Å². The number of carbonyl (C=O) groups is 2. The third-order valence-corrected chi connectivity index (χ3v) is 3.95. The number of thiol groups is 1. The zero-order chi connectivity index (χ0) is 16.6. The van der Waals surface area contributed by atoms with Gasteiger partial charge in [0.1, 0.15) is 6.04 Å².